The molecule has 8 heteroatoms. The molecular weight excluding hydrogens is 506 g/mol. The summed E-state index contributed by atoms with van der Waals surface area (Å²) in [6, 6.07) is 16.1. The number of benzene rings is 2. The first-order valence-electron chi connectivity index (χ1n) is 14.7. The highest BCUT2D eigenvalue weighted by molar-refractivity contribution is 5.84. The zero-order valence-corrected chi connectivity index (χ0v) is 23.5. The molecule has 0 radical (unpaired) electrons. The first-order valence-corrected chi connectivity index (χ1v) is 14.7. The van der Waals surface area contributed by atoms with Gasteiger partial charge < -0.3 is 24.2 Å². The van der Waals surface area contributed by atoms with Gasteiger partial charge in [0.1, 0.15) is 6.61 Å². The summed E-state index contributed by atoms with van der Waals surface area (Å²) in [6.07, 6.45) is 5.28. The largest absolute Gasteiger partial charge is 0.445 e. The quantitative estimate of drug-likeness (QED) is 0.391. The molecule has 5 rings (SSSR count). The number of amides is 1. The third-order valence-corrected chi connectivity index (χ3v) is 8.44. The van der Waals surface area contributed by atoms with Gasteiger partial charge in [0.05, 0.1) is 18.8 Å². The maximum atomic E-state index is 12.1. The van der Waals surface area contributed by atoms with Gasteiger partial charge >= 0.3 is 6.09 Å². The second-order valence-corrected chi connectivity index (χ2v) is 11.3. The van der Waals surface area contributed by atoms with Crippen LogP contribution in [0.25, 0.3) is 0 Å². The third-order valence-electron chi connectivity index (χ3n) is 8.44. The van der Waals surface area contributed by atoms with Gasteiger partial charge in [0.25, 0.3) is 0 Å². The normalized spacial score (nSPS) is 27.5. The lowest BCUT2D eigenvalue weighted by Gasteiger charge is -2.43. The van der Waals surface area contributed by atoms with Crippen LogP contribution in [-0.2, 0) is 20.8 Å². The van der Waals surface area contributed by atoms with Crippen molar-refractivity contribution in [3.63, 3.8) is 0 Å². The molecule has 3 aliphatic heterocycles. The van der Waals surface area contributed by atoms with Crippen LogP contribution in [0, 0.1) is 5.92 Å². The van der Waals surface area contributed by atoms with E-state index in [1.54, 1.807) is 0 Å². The van der Waals surface area contributed by atoms with E-state index < -0.39 is 12.4 Å². The monoisotopic (exact) mass is 549 g/mol. The summed E-state index contributed by atoms with van der Waals surface area (Å²) in [5.74, 6) is 0.124. The Morgan fingerprint density at radius 2 is 1.88 bits per heavy atom. The van der Waals surface area contributed by atoms with E-state index in [4.69, 9.17) is 14.2 Å². The van der Waals surface area contributed by atoms with Crippen LogP contribution in [0.5, 0.6) is 0 Å². The molecule has 40 heavy (non-hydrogen) atoms. The highest BCUT2D eigenvalue weighted by Crippen LogP contribution is 2.42. The molecule has 216 valence electrons. The van der Waals surface area contributed by atoms with Crippen LogP contribution in [-0.4, -0.2) is 72.5 Å². The average molecular weight is 550 g/mol. The van der Waals surface area contributed by atoms with Gasteiger partial charge in [0, 0.05) is 36.3 Å². The fourth-order valence-electron chi connectivity index (χ4n) is 6.22. The Hall–Kier alpha value is -2.75. The summed E-state index contributed by atoms with van der Waals surface area (Å²) in [5.41, 5.74) is 3.40. The lowest BCUT2D eigenvalue weighted by molar-refractivity contribution is -0.276. The van der Waals surface area contributed by atoms with Crippen LogP contribution >= 0.6 is 0 Å². The van der Waals surface area contributed by atoms with Crippen molar-refractivity contribution in [1.29, 1.82) is 0 Å². The minimum Gasteiger partial charge on any atom is -0.445 e. The van der Waals surface area contributed by atoms with E-state index in [0.29, 0.717) is 11.7 Å². The maximum Gasteiger partial charge on any atom is 0.411 e. The molecule has 2 N–H and O–H groups in total. The molecule has 0 aromatic heterocycles. The molecule has 3 saturated heterocycles. The van der Waals surface area contributed by atoms with E-state index in [-0.39, 0.29) is 31.3 Å². The lowest BCUT2D eigenvalue weighted by atomic mass is 9.90. The predicted molar refractivity (Wildman–Crippen MR) is 155 cm³/mol. The number of rotatable bonds is 10. The Bertz CT molecular complexity index is 1120. The zero-order valence-electron chi connectivity index (χ0n) is 23.5. The molecule has 3 aliphatic rings. The predicted octanol–water partition coefficient (Wildman–Crippen LogP) is 5.27. The Kier molecular flexibility index (Phi) is 9.88. The minimum absolute atomic E-state index is 0.0120. The molecule has 1 amide bonds. The summed E-state index contributed by atoms with van der Waals surface area (Å²) in [4.78, 5) is 17.4. The number of carbonyl (C=O) groups is 1. The van der Waals surface area contributed by atoms with Gasteiger partial charge in [0.2, 0.25) is 0 Å². The zero-order chi connectivity index (χ0) is 27.9. The van der Waals surface area contributed by atoms with E-state index in [9.17, 15) is 9.90 Å². The van der Waals surface area contributed by atoms with Crippen molar-refractivity contribution >= 4 is 11.8 Å². The Morgan fingerprint density at radius 1 is 1.07 bits per heavy atom. The summed E-state index contributed by atoms with van der Waals surface area (Å²) < 4.78 is 18.4. The molecular formula is C32H43N3O5. The van der Waals surface area contributed by atoms with Gasteiger partial charge in [-0.1, -0.05) is 56.0 Å². The molecule has 5 atom stereocenters. The summed E-state index contributed by atoms with van der Waals surface area (Å²) in [6.45, 7) is 11.5. The van der Waals surface area contributed by atoms with E-state index in [0.717, 1.165) is 36.3 Å². The molecule has 0 saturated carbocycles. The van der Waals surface area contributed by atoms with Crippen LogP contribution in [0.2, 0.25) is 0 Å². The Balaban J connectivity index is 1.35. The molecule has 2 aromatic rings. The number of hydrogen-bond donors (Lipinski definition) is 2. The van der Waals surface area contributed by atoms with Gasteiger partial charge in [-0.25, -0.2) is 4.79 Å². The van der Waals surface area contributed by atoms with E-state index in [2.05, 4.69) is 28.6 Å². The number of aliphatic hydroxyl groups excluding tert-OH is 1. The topological polar surface area (TPSA) is 83.5 Å². The summed E-state index contributed by atoms with van der Waals surface area (Å²) in [5, 5.41) is 12.3. The molecule has 8 nitrogen and oxygen atoms in total. The number of hydrogen-bond acceptors (Lipinski definition) is 7. The lowest BCUT2D eigenvalue weighted by Crippen LogP contribution is -2.48. The summed E-state index contributed by atoms with van der Waals surface area (Å²) in [7, 11) is 0. The molecule has 0 spiro atoms. The second kappa shape index (κ2) is 13.7. The number of aliphatic hydroxyl groups is 1. The second-order valence-electron chi connectivity index (χ2n) is 11.3. The van der Waals surface area contributed by atoms with Crippen molar-refractivity contribution in [1.82, 2.24) is 9.80 Å². The van der Waals surface area contributed by atoms with Gasteiger partial charge in [0.15, 0.2) is 6.29 Å². The van der Waals surface area contributed by atoms with Crippen molar-refractivity contribution in [3.05, 3.63) is 77.9 Å². The van der Waals surface area contributed by atoms with Gasteiger partial charge in [-0.05, 0) is 68.6 Å². The number of carbonyl (C=O) groups excluding carboxylic acids is 1. The van der Waals surface area contributed by atoms with E-state index >= 15 is 0 Å². The van der Waals surface area contributed by atoms with Crippen molar-refractivity contribution < 1.29 is 24.1 Å². The van der Waals surface area contributed by atoms with Gasteiger partial charge in [-0.3, -0.25) is 10.2 Å². The number of nitrogens with zero attached hydrogens (tertiary/aromatic N) is 2. The van der Waals surface area contributed by atoms with Gasteiger partial charge in [-0.2, -0.15) is 0 Å². The molecule has 0 aliphatic carbocycles. The standard InChI is InChI=1S/C32H43N3O5/c1-3-18-38-32(37)33-27-9-6-8-26(19-27)31-39-29(21-35-17-7-10-28(35)20-34-15-4-5-16-34)23(2)30(40-31)25-13-11-24(22-36)12-14-25/h3,6,8-9,11-14,19,23,28-31,36H,1,4-5,7,10,15-18,20-22H2,2H3,(H,33,37)/t23-,28-,29+,30+,31+/m0/s1. The van der Waals surface area contributed by atoms with Crippen LogP contribution in [0.4, 0.5) is 10.5 Å². The SMILES string of the molecule is C=CCOC(=O)Nc1cccc([C@@H]2O[C@H](CN3CCC[C@H]3CN3CCCC3)[C@H](C)[C@H](c3ccc(CO)cc3)O2)c1. The van der Waals surface area contributed by atoms with Crippen molar-refractivity contribution in [2.24, 2.45) is 5.92 Å². The molecule has 3 fully saturated rings. The number of likely N-dealkylation sites (tertiary alicyclic amines) is 2. The molecule has 3 heterocycles. The van der Waals surface area contributed by atoms with Crippen LogP contribution in [0.15, 0.2) is 61.2 Å². The first-order chi connectivity index (χ1) is 19.5. The van der Waals surface area contributed by atoms with Crippen molar-refractivity contribution in [2.45, 2.75) is 63.8 Å². The number of nitrogens with one attached hydrogen (secondary N) is 1. The Labute approximate surface area is 237 Å². The van der Waals surface area contributed by atoms with E-state index in [1.807, 2.05) is 48.5 Å². The molecule has 0 unspecified atom stereocenters. The number of anilines is 1. The van der Waals surface area contributed by atoms with Crippen LogP contribution in [0.1, 0.15) is 61.7 Å². The third kappa shape index (κ3) is 7.11. The van der Waals surface area contributed by atoms with Crippen LogP contribution < -0.4 is 5.32 Å². The summed E-state index contributed by atoms with van der Waals surface area (Å²) >= 11 is 0. The Morgan fingerprint density at radius 3 is 2.62 bits per heavy atom. The first kappa shape index (κ1) is 28.8. The molecule has 2 aromatic carbocycles. The minimum atomic E-state index is -0.589. The smallest absolute Gasteiger partial charge is 0.411 e. The molecule has 0 bridgehead atoms. The highest BCUT2D eigenvalue weighted by atomic mass is 16.7. The van der Waals surface area contributed by atoms with Crippen LogP contribution in [0.3, 0.4) is 0 Å². The fraction of sp³-hybridized carbons (Fsp3) is 0.531. The van der Waals surface area contributed by atoms with Crippen molar-refractivity contribution in [3.8, 4) is 0 Å². The highest BCUT2D eigenvalue weighted by Gasteiger charge is 2.41. The van der Waals surface area contributed by atoms with Crippen molar-refractivity contribution in [2.75, 3.05) is 44.6 Å². The van der Waals surface area contributed by atoms with Gasteiger partial charge in [-0.15, -0.1) is 0 Å². The fourth-order valence-corrected chi connectivity index (χ4v) is 6.22. The number of ether oxygens (including phenoxy) is 3. The van der Waals surface area contributed by atoms with E-state index in [1.165, 1.54) is 44.8 Å². The average Bonchev–Trinajstić information content (AvgIpc) is 3.66. The maximum absolute atomic E-state index is 12.1.